The van der Waals surface area contributed by atoms with Crippen LogP contribution in [0.25, 0.3) is 0 Å². The number of likely N-dealkylation sites (N-methyl/N-ethyl adjacent to an activating group) is 1. The molecule has 0 amide bonds. The summed E-state index contributed by atoms with van der Waals surface area (Å²) in [6, 6.07) is 0. The fraction of sp³-hybridized carbons (Fsp3) is 1.00. The molecule has 1 N–H and O–H groups in total. The number of aliphatic hydroxyl groups is 1. The molecule has 13 heavy (non-hydrogen) atoms. The number of aliphatic hydroxyl groups excluding tert-OH is 1. The molecule has 2 nitrogen and oxygen atoms in total. The molecule has 0 bridgehead atoms. The smallest absolute Gasteiger partial charge is 0.0751 e. The summed E-state index contributed by atoms with van der Waals surface area (Å²) in [5, 5.41) is 10.3. The number of hydrogen-bond acceptors (Lipinski definition) is 2. The molecule has 1 atom stereocenters. The first-order chi connectivity index (χ1) is 6.17. The molecule has 2 rings (SSSR count). The zero-order valence-electron chi connectivity index (χ0n) is 8.79. The maximum Gasteiger partial charge on any atom is 0.0751 e. The van der Waals surface area contributed by atoms with Crippen molar-refractivity contribution in [3.05, 3.63) is 0 Å². The summed E-state index contributed by atoms with van der Waals surface area (Å²) in [7, 11) is 4.24. The van der Waals surface area contributed by atoms with Gasteiger partial charge in [-0.2, -0.15) is 0 Å². The van der Waals surface area contributed by atoms with Gasteiger partial charge in [0.1, 0.15) is 0 Å². The van der Waals surface area contributed by atoms with Crippen LogP contribution in [0, 0.1) is 5.92 Å². The SMILES string of the molecule is CN(C)C1(C(O)C2CC2)CCCC1. The molecule has 76 valence electrons. The Balaban J connectivity index is 2.11. The molecule has 0 heterocycles. The van der Waals surface area contributed by atoms with Crippen LogP contribution in [0.15, 0.2) is 0 Å². The molecule has 0 saturated heterocycles. The van der Waals surface area contributed by atoms with Gasteiger partial charge in [-0.1, -0.05) is 12.8 Å². The average molecular weight is 183 g/mol. The Morgan fingerprint density at radius 2 is 1.77 bits per heavy atom. The van der Waals surface area contributed by atoms with Crippen molar-refractivity contribution < 1.29 is 5.11 Å². The summed E-state index contributed by atoms with van der Waals surface area (Å²) < 4.78 is 0. The van der Waals surface area contributed by atoms with Crippen molar-refractivity contribution in [2.45, 2.75) is 50.2 Å². The molecule has 0 radical (unpaired) electrons. The van der Waals surface area contributed by atoms with Gasteiger partial charge in [-0.05, 0) is 45.7 Å². The highest BCUT2D eigenvalue weighted by atomic mass is 16.3. The first-order valence-electron chi connectivity index (χ1n) is 5.52. The van der Waals surface area contributed by atoms with E-state index in [-0.39, 0.29) is 11.6 Å². The Bertz CT molecular complexity index is 181. The third-order valence-electron chi connectivity index (χ3n) is 3.98. The third-order valence-corrected chi connectivity index (χ3v) is 3.98. The highest BCUT2D eigenvalue weighted by molar-refractivity contribution is 5.03. The molecule has 2 saturated carbocycles. The summed E-state index contributed by atoms with van der Waals surface area (Å²) in [5.41, 5.74) is 0.126. The Labute approximate surface area is 80.9 Å². The number of nitrogens with zero attached hydrogens (tertiary/aromatic N) is 1. The van der Waals surface area contributed by atoms with Crippen molar-refractivity contribution in [1.29, 1.82) is 0 Å². The van der Waals surface area contributed by atoms with Gasteiger partial charge in [-0.25, -0.2) is 0 Å². The lowest BCUT2D eigenvalue weighted by molar-refractivity contribution is -0.0162. The van der Waals surface area contributed by atoms with Gasteiger partial charge in [0.25, 0.3) is 0 Å². The van der Waals surface area contributed by atoms with Crippen LogP contribution in [0.3, 0.4) is 0 Å². The van der Waals surface area contributed by atoms with Gasteiger partial charge in [-0.15, -0.1) is 0 Å². The Morgan fingerprint density at radius 3 is 2.15 bits per heavy atom. The average Bonchev–Trinajstić information content (AvgIpc) is 2.81. The third kappa shape index (κ3) is 1.50. The quantitative estimate of drug-likeness (QED) is 0.719. The first kappa shape index (κ1) is 9.47. The summed E-state index contributed by atoms with van der Waals surface area (Å²) in [6.45, 7) is 0. The fourth-order valence-corrected chi connectivity index (χ4v) is 2.85. The number of hydrogen-bond donors (Lipinski definition) is 1. The second-order valence-corrected chi connectivity index (χ2v) is 4.99. The molecule has 2 heteroatoms. The minimum absolute atomic E-state index is 0.0648. The topological polar surface area (TPSA) is 23.5 Å². The molecule has 0 aromatic heterocycles. The molecule has 2 aliphatic rings. The van der Waals surface area contributed by atoms with Gasteiger partial charge in [0.05, 0.1) is 6.10 Å². The standard InChI is InChI=1S/C11H21NO/c1-12(2)11(7-3-4-8-11)10(13)9-5-6-9/h9-10,13H,3-8H2,1-2H3. The predicted octanol–water partition coefficient (Wildman–Crippen LogP) is 1.63. The van der Waals surface area contributed by atoms with Crippen molar-refractivity contribution in [3.8, 4) is 0 Å². The second-order valence-electron chi connectivity index (χ2n) is 4.99. The van der Waals surface area contributed by atoms with Crippen molar-refractivity contribution >= 4 is 0 Å². The van der Waals surface area contributed by atoms with Crippen LogP contribution in [0.2, 0.25) is 0 Å². The van der Waals surface area contributed by atoms with E-state index >= 15 is 0 Å². The van der Waals surface area contributed by atoms with E-state index in [1.165, 1.54) is 38.5 Å². The van der Waals surface area contributed by atoms with E-state index in [2.05, 4.69) is 19.0 Å². The van der Waals surface area contributed by atoms with Crippen LogP contribution >= 0.6 is 0 Å². The van der Waals surface area contributed by atoms with E-state index in [0.717, 1.165) is 0 Å². The van der Waals surface area contributed by atoms with Crippen molar-refractivity contribution in [1.82, 2.24) is 4.90 Å². The molecule has 2 aliphatic carbocycles. The van der Waals surface area contributed by atoms with Gasteiger partial charge in [-0.3, -0.25) is 0 Å². The Morgan fingerprint density at radius 1 is 1.23 bits per heavy atom. The summed E-state index contributed by atoms with van der Waals surface area (Å²) in [4.78, 5) is 2.27. The van der Waals surface area contributed by atoms with Crippen molar-refractivity contribution in [2.24, 2.45) is 5.92 Å². The molecule has 0 aliphatic heterocycles. The molecule has 0 spiro atoms. The Hall–Kier alpha value is -0.0800. The summed E-state index contributed by atoms with van der Waals surface area (Å²) in [6.07, 6.45) is 7.40. The molecule has 0 aromatic rings. The predicted molar refractivity (Wildman–Crippen MR) is 53.6 cm³/mol. The van der Waals surface area contributed by atoms with Crippen LogP contribution in [0.1, 0.15) is 38.5 Å². The van der Waals surface area contributed by atoms with Gasteiger partial charge < -0.3 is 10.0 Å². The fourth-order valence-electron chi connectivity index (χ4n) is 2.85. The normalized spacial score (nSPS) is 29.5. The van der Waals surface area contributed by atoms with Gasteiger partial charge in [0.15, 0.2) is 0 Å². The largest absolute Gasteiger partial charge is 0.391 e. The van der Waals surface area contributed by atoms with E-state index in [1.54, 1.807) is 0 Å². The molecular weight excluding hydrogens is 162 g/mol. The van der Waals surface area contributed by atoms with Gasteiger partial charge in [0.2, 0.25) is 0 Å². The van der Waals surface area contributed by atoms with E-state index in [4.69, 9.17) is 0 Å². The van der Waals surface area contributed by atoms with E-state index in [0.29, 0.717) is 5.92 Å². The van der Waals surface area contributed by atoms with Crippen LogP contribution in [0.5, 0.6) is 0 Å². The first-order valence-corrected chi connectivity index (χ1v) is 5.52. The maximum atomic E-state index is 10.3. The van der Waals surface area contributed by atoms with Crippen molar-refractivity contribution in [3.63, 3.8) is 0 Å². The van der Waals surface area contributed by atoms with Crippen molar-refractivity contribution in [2.75, 3.05) is 14.1 Å². The van der Waals surface area contributed by atoms with E-state index in [9.17, 15) is 5.11 Å². The minimum Gasteiger partial charge on any atom is -0.391 e. The van der Waals surface area contributed by atoms with Crippen LogP contribution < -0.4 is 0 Å². The van der Waals surface area contributed by atoms with E-state index in [1.807, 2.05) is 0 Å². The molecule has 2 fully saturated rings. The van der Waals surface area contributed by atoms with Crippen LogP contribution in [-0.4, -0.2) is 35.7 Å². The lowest BCUT2D eigenvalue weighted by Gasteiger charge is -2.40. The molecule has 0 aromatic carbocycles. The lowest BCUT2D eigenvalue weighted by Crippen LogP contribution is -2.52. The van der Waals surface area contributed by atoms with Crippen LogP contribution in [0.4, 0.5) is 0 Å². The van der Waals surface area contributed by atoms with E-state index < -0.39 is 0 Å². The maximum absolute atomic E-state index is 10.3. The molecular formula is C11H21NO. The summed E-state index contributed by atoms with van der Waals surface area (Å²) >= 11 is 0. The highest BCUT2D eigenvalue weighted by Crippen LogP contribution is 2.45. The molecule has 1 unspecified atom stereocenters. The van der Waals surface area contributed by atoms with Crippen LogP contribution in [-0.2, 0) is 0 Å². The monoisotopic (exact) mass is 183 g/mol. The van der Waals surface area contributed by atoms with Gasteiger partial charge in [0, 0.05) is 5.54 Å². The number of rotatable bonds is 3. The minimum atomic E-state index is -0.0648. The zero-order valence-corrected chi connectivity index (χ0v) is 8.79. The Kier molecular flexibility index (Phi) is 2.37. The lowest BCUT2D eigenvalue weighted by atomic mass is 9.86. The highest BCUT2D eigenvalue weighted by Gasteiger charge is 2.48. The summed E-state index contributed by atoms with van der Waals surface area (Å²) in [5.74, 6) is 0.612. The zero-order chi connectivity index (χ0) is 9.47. The van der Waals surface area contributed by atoms with Gasteiger partial charge >= 0.3 is 0 Å². The second kappa shape index (κ2) is 3.25.